The molecule has 1 N–H and O–H groups in total. The summed E-state index contributed by atoms with van der Waals surface area (Å²) in [7, 11) is -6.06. The average Bonchev–Trinajstić information content (AvgIpc) is 2.79. The molecule has 0 aliphatic carbocycles. The number of benzene rings is 3. The largest absolute Gasteiger partial charge is 0.603 e. The van der Waals surface area contributed by atoms with Crippen molar-refractivity contribution in [3.05, 3.63) is 101 Å². The van der Waals surface area contributed by atoms with Crippen molar-refractivity contribution in [2.45, 2.75) is 0 Å². The fourth-order valence-corrected chi connectivity index (χ4v) is 7.96. The molecule has 3 aromatic carbocycles. The summed E-state index contributed by atoms with van der Waals surface area (Å²) in [5, 5.41) is 15.1. The van der Waals surface area contributed by atoms with Crippen LogP contribution in [0.1, 0.15) is 0 Å². The first-order valence-electron chi connectivity index (χ1n) is 9.15. The van der Waals surface area contributed by atoms with Crippen molar-refractivity contribution in [2.75, 3.05) is 7.11 Å². The van der Waals surface area contributed by atoms with Gasteiger partial charge in [0.15, 0.2) is 17.8 Å². The van der Waals surface area contributed by atoms with Gasteiger partial charge in [-0.05, 0) is 43.5 Å². The monoisotopic (exact) mass is 529 g/mol. The predicted octanol–water partition coefficient (Wildman–Crippen LogP) is -0.177. The summed E-state index contributed by atoms with van der Waals surface area (Å²) in [6, 6.07) is 29.6. The van der Waals surface area contributed by atoms with Crippen molar-refractivity contribution in [3.63, 3.8) is 0 Å². The van der Waals surface area contributed by atoms with Crippen molar-refractivity contribution >= 4 is 52.5 Å². The van der Waals surface area contributed by atoms with Gasteiger partial charge in [-0.1, -0.05) is 77.8 Å². The molecule has 0 unspecified atom stereocenters. The molecule has 7 nitrogen and oxygen atoms in total. The second-order valence-corrected chi connectivity index (χ2v) is 11.3. The predicted molar refractivity (Wildman–Crippen MR) is 121 cm³/mol. The molecule has 0 fully saturated rings. The SMILES string of the molecule is CO/C([O-])=N/C(=C(Cl)Cl)[P+](c1ccccc1)(c1ccccc1)c1ccccc1.[O-][Cl+3]([O-])([O-])O. The number of hydrogen-bond donors (Lipinski definition) is 1. The van der Waals surface area contributed by atoms with Crippen molar-refractivity contribution in [1.82, 2.24) is 0 Å². The van der Waals surface area contributed by atoms with Gasteiger partial charge in [-0.2, -0.15) is 19.0 Å². The van der Waals surface area contributed by atoms with E-state index in [-0.39, 0.29) is 4.49 Å². The third-order valence-electron chi connectivity index (χ3n) is 4.29. The molecule has 0 atom stereocenters. The van der Waals surface area contributed by atoms with Crippen LogP contribution < -0.4 is 35.0 Å². The molecule has 0 heterocycles. The van der Waals surface area contributed by atoms with Crippen molar-refractivity contribution in [1.29, 1.82) is 0 Å². The number of rotatable bonds is 5. The summed E-state index contributed by atoms with van der Waals surface area (Å²) in [6.45, 7) is 0. The quantitative estimate of drug-likeness (QED) is 0.276. The van der Waals surface area contributed by atoms with E-state index in [1.54, 1.807) is 0 Å². The highest BCUT2D eigenvalue weighted by Crippen LogP contribution is 2.64. The Morgan fingerprint density at radius 3 is 1.33 bits per heavy atom. The molecule has 0 bridgehead atoms. The van der Waals surface area contributed by atoms with E-state index >= 15 is 0 Å². The second kappa shape index (κ2) is 12.3. The lowest BCUT2D eigenvalue weighted by atomic mass is 10.4. The third-order valence-corrected chi connectivity index (χ3v) is 9.09. The number of aliphatic imine (C=N–C) groups is 1. The summed E-state index contributed by atoms with van der Waals surface area (Å²) >= 11 is 12.7. The maximum atomic E-state index is 12.1. The molecular weight excluding hydrogens is 512 g/mol. The first-order chi connectivity index (χ1) is 15.6. The van der Waals surface area contributed by atoms with Gasteiger partial charge in [-0.15, -0.1) is 0 Å². The highest BCUT2D eigenvalue weighted by molar-refractivity contribution is 7.99. The van der Waals surface area contributed by atoms with Crippen LogP contribution in [0, 0.1) is 10.2 Å². The Kier molecular flexibility index (Phi) is 10.1. The summed E-state index contributed by atoms with van der Waals surface area (Å²) in [6.07, 6.45) is -0.749. The molecule has 0 radical (unpaired) electrons. The molecule has 3 rings (SSSR count). The lowest BCUT2D eigenvalue weighted by Crippen LogP contribution is -2.58. The van der Waals surface area contributed by atoms with Crippen LogP contribution in [0.25, 0.3) is 0 Å². The molecule has 11 heteroatoms. The third kappa shape index (κ3) is 7.40. The van der Waals surface area contributed by atoms with Gasteiger partial charge >= 0.3 is 0 Å². The van der Waals surface area contributed by atoms with Crippen LogP contribution in [0.2, 0.25) is 0 Å². The first-order valence-corrected chi connectivity index (χ1v) is 13.0. The molecule has 0 aliphatic rings. The Balaban J connectivity index is 0.000000696. The van der Waals surface area contributed by atoms with Gasteiger partial charge in [-0.25, -0.2) is 0 Å². The van der Waals surface area contributed by atoms with Gasteiger partial charge in [0.05, 0.1) is 14.9 Å². The normalized spacial score (nSPS) is 11.8. The van der Waals surface area contributed by atoms with Crippen LogP contribution in [0.5, 0.6) is 0 Å². The molecule has 0 aromatic heterocycles. The molecule has 0 saturated carbocycles. The van der Waals surface area contributed by atoms with Gasteiger partial charge in [0.2, 0.25) is 5.44 Å². The highest BCUT2D eigenvalue weighted by Gasteiger charge is 2.51. The molecule has 33 heavy (non-hydrogen) atoms. The van der Waals surface area contributed by atoms with Crippen molar-refractivity contribution in [3.8, 4) is 0 Å². The van der Waals surface area contributed by atoms with E-state index in [2.05, 4.69) is 4.99 Å². The highest BCUT2D eigenvalue weighted by atomic mass is 35.7. The van der Waals surface area contributed by atoms with Crippen LogP contribution in [0.15, 0.2) is 106 Å². The van der Waals surface area contributed by atoms with E-state index in [1.807, 2.05) is 91.0 Å². The van der Waals surface area contributed by atoms with E-state index in [4.69, 9.17) is 46.6 Å². The minimum Gasteiger partial charge on any atom is -0.603 e. The van der Waals surface area contributed by atoms with Crippen LogP contribution in [0.4, 0.5) is 0 Å². The zero-order chi connectivity index (χ0) is 24.5. The number of ether oxygens (including phenoxy) is 1. The number of nitrogens with zero attached hydrogens (tertiary/aromatic N) is 1. The second-order valence-electron chi connectivity index (χ2n) is 6.24. The van der Waals surface area contributed by atoms with Crippen molar-refractivity contribution in [2.24, 2.45) is 4.99 Å². The van der Waals surface area contributed by atoms with E-state index < -0.39 is 23.6 Å². The van der Waals surface area contributed by atoms with E-state index in [0.29, 0.717) is 5.44 Å². The fraction of sp³-hybridized carbons (Fsp3) is 0.0455. The molecule has 3 aromatic rings. The standard InChI is InChI=1S/C22H18Cl2NO2P.ClHO4/c1-27-22(26)25-21(20(23)24)28(17-11-5-2-6-12-17,18-13-7-3-8-14-18)19-15-9-4-10-16-19;2-1(3,4)5/h2-16H,1H3;(H,2,3,4,5). The van der Waals surface area contributed by atoms with Crippen LogP contribution in [-0.4, -0.2) is 17.9 Å². The Labute approximate surface area is 203 Å². The Morgan fingerprint density at radius 2 is 1.09 bits per heavy atom. The number of halogens is 3. The summed E-state index contributed by atoms with van der Waals surface area (Å²) in [4.78, 5) is 4.20. The van der Waals surface area contributed by atoms with E-state index in [0.717, 1.165) is 15.9 Å². The average molecular weight is 531 g/mol. The molecule has 174 valence electrons. The Bertz CT molecular complexity index is 971. The topological polar surface area (TPSA) is 134 Å². The van der Waals surface area contributed by atoms with Gasteiger partial charge in [0.25, 0.3) is 0 Å². The maximum absolute atomic E-state index is 12.1. The summed E-state index contributed by atoms with van der Waals surface area (Å²) in [5.41, 5.74) is 0.311. The molecule has 0 saturated heterocycles. The maximum Gasteiger partial charge on any atom is 0.230 e. The Hall–Kier alpha value is -2.19. The molecule has 0 spiro atoms. The number of hydrogen-bond acceptors (Lipinski definition) is 7. The molecule has 0 amide bonds. The van der Waals surface area contributed by atoms with E-state index in [9.17, 15) is 5.11 Å². The fourth-order valence-electron chi connectivity index (χ4n) is 3.15. The van der Waals surface area contributed by atoms with Gasteiger partial charge in [-0.3, -0.25) is 0 Å². The smallest absolute Gasteiger partial charge is 0.230 e. The molecular formula is C22H19Cl3NO6P. The van der Waals surface area contributed by atoms with Gasteiger partial charge in [0.1, 0.15) is 15.9 Å². The summed E-state index contributed by atoms with van der Waals surface area (Å²) < 4.78 is 37.5. The summed E-state index contributed by atoms with van der Waals surface area (Å²) in [5.74, 6) is 0. The number of methoxy groups -OCH3 is 1. The zero-order valence-electron chi connectivity index (χ0n) is 17.2. The van der Waals surface area contributed by atoms with Crippen LogP contribution in [-0.2, 0) is 4.74 Å². The first kappa shape index (κ1) is 27.1. The van der Waals surface area contributed by atoms with Crippen LogP contribution >= 0.6 is 30.5 Å². The minimum atomic E-state index is -4.69. The lowest BCUT2D eigenvalue weighted by Gasteiger charge is -2.27. The lowest BCUT2D eigenvalue weighted by molar-refractivity contribution is -1.92. The van der Waals surface area contributed by atoms with Gasteiger partial charge < -0.3 is 9.84 Å². The van der Waals surface area contributed by atoms with Crippen LogP contribution in [0.3, 0.4) is 0 Å². The molecule has 0 aliphatic heterocycles. The minimum absolute atomic E-state index is 0.0599. The Morgan fingerprint density at radius 1 is 0.788 bits per heavy atom. The van der Waals surface area contributed by atoms with E-state index in [1.165, 1.54) is 7.11 Å². The van der Waals surface area contributed by atoms with Gasteiger partial charge in [0, 0.05) is 0 Å². The zero-order valence-corrected chi connectivity index (χ0v) is 20.3. The van der Waals surface area contributed by atoms with Crippen molar-refractivity contribution < 1.29 is 38.7 Å².